The van der Waals surface area contributed by atoms with Crippen molar-refractivity contribution < 1.29 is 36.7 Å². The standard InChI is InChI=1S/C28H30F4N4O4/c1-40-21-7-3-6-19-22(17-5-2-4-16(12-17)14-29)34-25(27(39)35-23(19)21)36-26(38)18(10-11-28(30,31)32)20(24(33)37)13-15-8-9-15/h2-7,12,15,18,20,25H,8-11,13-14H2,1H3,(H2,33,37)(H,35,39)(H,36,38)/t18-,20+,25-/m1/s1. The molecule has 214 valence electrons. The van der Waals surface area contributed by atoms with Gasteiger partial charge >= 0.3 is 6.18 Å². The molecule has 2 aromatic carbocycles. The number of anilines is 1. The van der Waals surface area contributed by atoms with Crippen LogP contribution >= 0.6 is 0 Å². The molecule has 2 aromatic rings. The Labute approximate surface area is 228 Å². The fraction of sp³-hybridized carbons (Fsp3) is 0.429. The lowest BCUT2D eigenvalue weighted by molar-refractivity contribution is -0.146. The number of carbonyl (C=O) groups is 3. The highest BCUT2D eigenvalue weighted by atomic mass is 19.4. The Morgan fingerprint density at radius 1 is 1.18 bits per heavy atom. The zero-order chi connectivity index (χ0) is 29.0. The molecule has 0 radical (unpaired) electrons. The van der Waals surface area contributed by atoms with Crippen molar-refractivity contribution >= 4 is 29.1 Å². The van der Waals surface area contributed by atoms with Crippen LogP contribution in [0, 0.1) is 17.8 Å². The maximum Gasteiger partial charge on any atom is 0.389 e. The minimum absolute atomic E-state index is 0.106. The van der Waals surface area contributed by atoms with E-state index in [4.69, 9.17) is 10.5 Å². The molecule has 4 rings (SSSR count). The van der Waals surface area contributed by atoms with Gasteiger partial charge in [0.1, 0.15) is 12.4 Å². The monoisotopic (exact) mass is 562 g/mol. The molecular weight excluding hydrogens is 532 g/mol. The Morgan fingerprint density at radius 2 is 1.90 bits per heavy atom. The number of para-hydroxylation sites is 1. The summed E-state index contributed by atoms with van der Waals surface area (Å²) in [6.45, 7) is -0.750. The van der Waals surface area contributed by atoms with Crippen LogP contribution in [0.2, 0.25) is 0 Å². The van der Waals surface area contributed by atoms with E-state index in [-0.39, 0.29) is 23.7 Å². The van der Waals surface area contributed by atoms with Gasteiger partial charge in [-0.05, 0) is 36.5 Å². The van der Waals surface area contributed by atoms with Gasteiger partial charge in [-0.3, -0.25) is 14.4 Å². The van der Waals surface area contributed by atoms with E-state index in [2.05, 4.69) is 15.6 Å². The summed E-state index contributed by atoms with van der Waals surface area (Å²) in [4.78, 5) is 43.5. The fourth-order valence-corrected chi connectivity index (χ4v) is 4.87. The number of nitrogens with one attached hydrogen (secondary N) is 2. The number of nitrogens with two attached hydrogens (primary N) is 1. The molecule has 12 heteroatoms. The Balaban J connectivity index is 1.72. The maximum absolute atomic E-state index is 13.5. The van der Waals surface area contributed by atoms with E-state index >= 15 is 0 Å². The molecule has 0 bridgehead atoms. The lowest BCUT2D eigenvalue weighted by Gasteiger charge is -2.26. The summed E-state index contributed by atoms with van der Waals surface area (Å²) in [5.74, 6) is -4.73. The third-order valence-corrected chi connectivity index (χ3v) is 7.10. The number of benzodiazepines with no additional fused rings is 1. The van der Waals surface area contributed by atoms with E-state index in [0.717, 1.165) is 12.8 Å². The number of rotatable bonds is 11. The molecule has 3 atom stereocenters. The van der Waals surface area contributed by atoms with Gasteiger partial charge in [0.15, 0.2) is 0 Å². The van der Waals surface area contributed by atoms with Crippen LogP contribution in [-0.4, -0.2) is 42.9 Å². The van der Waals surface area contributed by atoms with Gasteiger partial charge in [0.05, 0.1) is 18.5 Å². The molecule has 4 N–H and O–H groups in total. The molecule has 1 aliphatic carbocycles. The highest BCUT2D eigenvalue weighted by Crippen LogP contribution is 2.39. The third-order valence-electron chi connectivity index (χ3n) is 7.10. The van der Waals surface area contributed by atoms with Crippen LogP contribution in [0.1, 0.15) is 48.8 Å². The van der Waals surface area contributed by atoms with E-state index in [1.807, 2.05) is 0 Å². The van der Waals surface area contributed by atoms with Crippen molar-refractivity contribution in [2.24, 2.45) is 28.5 Å². The number of hydrogen-bond donors (Lipinski definition) is 3. The minimum Gasteiger partial charge on any atom is -0.495 e. The van der Waals surface area contributed by atoms with Gasteiger partial charge in [0.25, 0.3) is 5.91 Å². The first-order valence-corrected chi connectivity index (χ1v) is 12.9. The molecular formula is C28H30F4N4O4. The Hall–Kier alpha value is -3.96. The van der Waals surface area contributed by atoms with Crippen LogP contribution in [-0.2, 0) is 21.1 Å². The van der Waals surface area contributed by atoms with Crippen LogP contribution in [0.15, 0.2) is 47.5 Å². The highest BCUT2D eigenvalue weighted by molar-refractivity contribution is 6.20. The van der Waals surface area contributed by atoms with Gasteiger partial charge < -0.3 is 21.1 Å². The van der Waals surface area contributed by atoms with Crippen molar-refractivity contribution in [3.63, 3.8) is 0 Å². The molecule has 1 aliphatic heterocycles. The Morgan fingerprint density at radius 3 is 2.52 bits per heavy atom. The van der Waals surface area contributed by atoms with Crippen molar-refractivity contribution in [3.8, 4) is 5.75 Å². The quantitative estimate of drug-likeness (QED) is 0.354. The Kier molecular flexibility index (Phi) is 8.75. The number of amides is 3. The average Bonchev–Trinajstić information content (AvgIpc) is 3.75. The second-order valence-corrected chi connectivity index (χ2v) is 10.0. The van der Waals surface area contributed by atoms with Crippen LogP contribution in [0.5, 0.6) is 5.75 Å². The molecule has 40 heavy (non-hydrogen) atoms. The summed E-state index contributed by atoms with van der Waals surface area (Å²) >= 11 is 0. The molecule has 1 fully saturated rings. The molecule has 8 nitrogen and oxygen atoms in total. The number of methoxy groups -OCH3 is 1. The normalized spacial score (nSPS) is 18.5. The number of hydrogen-bond acceptors (Lipinski definition) is 5. The summed E-state index contributed by atoms with van der Waals surface area (Å²) in [7, 11) is 1.40. The van der Waals surface area contributed by atoms with E-state index in [1.165, 1.54) is 7.11 Å². The minimum atomic E-state index is -4.56. The van der Waals surface area contributed by atoms with Gasteiger partial charge in [0, 0.05) is 29.4 Å². The number of alkyl halides is 4. The number of benzene rings is 2. The van der Waals surface area contributed by atoms with Gasteiger partial charge in [-0.15, -0.1) is 0 Å². The first kappa shape index (κ1) is 29.0. The Bertz CT molecular complexity index is 1310. The number of halogens is 4. The number of ether oxygens (including phenoxy) is 1. The van der Waals surface area contributed by atoms with Crippen LogP contribution < -0.4 is 21.1 Å². The number of nitrogens with zero attached hydrogens (tertiary/aromatic N) is 1. The van der Waals surface area contributed by atoms with Crippen molar-refractivity contribution in [1.82, 2.24) is 5.32 Å². The summed E-state index contributed by atoms with van der Waals surface area (Å²) in [5, 5.41) is 5.12. The van der Waals surface area contributed by atoms with Crippen LogP contribution in [0.25, 0.3) is 0 Å². The van der Waals surface area contributed by atoms with Crippen LogP contribution in [0.4, 0.5) is 23.2 Å². The smallest absolute Gasteiger partial charge is 0.389 e. The summed E-state index contributed by atoms with van der Waals surface area (Å²) in [5.41, 5.74) is 7.25. The topological polar surface area (TPSA) is 123 Å². The predicted molar refractivity (Wildman–Crippen MR) is 139 cm³/mol. The van der Waals surface area contributed by atoms with Crippen molar-refractivity contribution in [2.45, 2.75) is 51.1 Å². The lowest BCUT2D eigenvalue weighted by atomic mass is 9.83. The zero-order valence-corrected chi connectivity index (χ0v) is 21.8. The van der Waals surface area contributed by atoms with Gasteiger partial charge in [-0.1, -0.05) is 43.2 Å². The summed E-state index contributed by atoms with van der Waals surface area (Å²) in [6.07, 6.45) is -6.32. The van der Waals surface area contributed by atoms with Crippen molar-refractivity contribution in [1.29, 1.82) is 0 Å². The van der Waals surface area contributed by atoms with Crippen molar-refractivity contribution in [2.75, 3.05) is 12.4 Å². The molecule has 1 saturated carbocycles. The molecule has 2 aliphatic rings. The fourth-order valence-electron chi connectivity index (χ4n) is 4.87. The first-order valence-electron chi connectivity index (χ1n) is 12.9. The van der Waals surface area contributed by atoms with Gasteiger partial charge in [0.2, 0.25) is 18.0 Å². The van der Waals surface area contributed by atoms with Gasteiger partial charge in [-0.25, -0.2) is 9.38 Å². The van der Waals surface area contributed by atoms with E-state index in [9.17, 15) is 31.9 Å². The van der Waals surface area contributed by atoms with E-state index < -0.39 is 61.4 Å². The SMILES string of the molecule is COc1cccc2c1NC(=O)[C@@H](NC(=O)[C@H](CCC(F)(F)F)[C@H](CC1CC1)C(N)=O)N=C2c1cccc(CF)c1. The maximum atomic E-state index is 13.5. The molecule has 0 unspecified atom stereocenters. The number of aliphatic imine (C=N–C) groups is 1. The predicted octanol–water partition coefficient (Wildman–Crippen LogP) is 4.26. The van der Waals surface area contributed by atoms with Gasteiger partial charge in [-0.2, -0.15) is 13.2 Å². The van der Waals surface area contributed by atoms with Crippen LogP contribution in [0.3, 0.4) is 0 Å². The molecule has 0 spiro atoms. The average molecular weight is 563 g/mol. The van der Waals surface area contributed by atoms with E-state index in [0.29, 0.717) is 22.4 Å². The molecule has 0 saturated heterocycles. The zero-order valence-electron chi connectivity index (χ0n) is 21.8. The number of primary amides is 1. The molecule has 1 heterocycles. The van der Waals surface area contributed by atoms with E-state index in [1.54, 1.807) is 42.5 Å². The second kappa shape index (κ2) is 12.1. The lowest BCUT2D eigenvalue weighted by Crippen LogP contribution is -2.48. The second-order valence-electron chi connectivity index (χ2n) is 10.0. The number of carbonyl (C=O) groups excluding carboxylic acids is 3. The molecule has 0 aromatic heterocycles. The third kappa shape index (κ3) is 6.97. The molecule has 3 amide bonds. The van der Waals surface area contributed by atoms with Crippen molar-refractivity contribution in [3.05, 3.63) is 59.2 Å². The highest BCUT2D eigenvalue weighted by Gasteiger charge is 2.41. The number of fused-ring (bicyclic) bond motifs is 1. The summed E-state index contributed by atoms with van der Waals surface area (Å²) in [6, 6.07) is 11.3. The summed E-state index contributed by atoms with van der Waals surface area (Å²) < 4.78 is 58.3. The largest absolute Gasteiger partial charge is 0.495 e. The first-order chi connectivity index (χ1) is 19.0.